The van der Waals surface area contributed by atoms with E-state index in [2.05, 4.69) is 5.32 Å². The minimum absolute atomic E-state index is 0.0248. The van der Waals surface area contributed by atoms with Gasteiger partial charge in [-0.1, -0.05) is 18.2 Å². The summed E-state index contributed by atoms with van der Waals surface area (Å²) < 4.78 is 0. The lowest BCUT2D eigenvalue weighted by Gasteiger charge is -2.25. The highest BCUT2D eigenvalue weighted by Gasteiger charge is 2.20. The lowest BCUT2D eigenvalue weighted by atomic mass is 10.1. The van der Waals surface area contributed by atoms with E-state index in [-0.39, 0.29) is 30.1 Å². The molecule has 0 heterocycles. The van der Waals surface area contributed by atoms with E-state index < -0.39 is 4.92 Å². The van der Waals surface area contributed by atoms with Gasteiger partial charge in [0.2, 0.25) is 5.91 Å². The quantitative estimate of drug-likeness (QED) is 0.625. The van der Waals surface area contributed by atoms with Crippen molar-refractivity contribution in [2.75, 3.05) is 13.6 Å². The molecular weight excluding hydrogens is 346 g/mol. The lowest BCUT2D eigenvalue weighted by Crippen LogP contribution is -2.39. The van der Waals surface area contributed by atoms with Crippen molar-refractivity contribution in [1.29, 1.82) is 0 Å². The van der Waals surface area contributed by atoms with Crippen LogP contribution < -0.4 is 5.32 Å². The smallest absolute Gasteiger partial charge is 0.269 e. The van der Waals surface area contributed by atoms with Crippen molar-refractivity contribution < 1.29 is 14.5 Å². The Kier molecular flexibility index (Phi) is 6.28. The first-order valence-electron chi connectivity index (χ1n) is 8.56. The number of carbonyl (C=O) groups excluding carboxylic acids is 2. The molecule has 0 spiro atoms. The molecule has 0 aromatic heterocycles. The summed E-state index contributed by atoms with van der Waals surface area (Å²) in [4.78, 5) is 36.6. The number of carbonyl (C=O) groups is 2. The summed E-state index contributed by atoms with van der Waals surface area (Å²) >= 11 is 0. The molecule has 0 unspecified atom stereocenters. The van der Waals surface area contributed by atoms with Gasteiger partial charge in [0, 0.05) is 24.7 Å². The van der Waals surface area contributed by atoms with Gasteiger partial charge in [-0.3, -0.25) is 19.7 Å². The SMILES string of the molecule is Cc1ccc(C(=O)NCC(=O)N(C)[C@H](C)c2cccc([N+](=O)[O-])c2)cc1C. The fourth-order valence-electron chi connectivity index (χ4n) is 2.60. The molecular formula is C20H23N3O4. The molecule has 142 valence electrons. The molecule has 0 aliphatic heterocycles. The van der Waals surface area contributed by atoms with Gasteiger partial charge in [0.15, 0.2) is 0 Å². The summed E-state index contributed by atoms with van der Waals surface area (Å²) in [5.74, 6) is -0.603. The zero-order chi connectivity index (χ0) is 20.1. The van der Waals surface area contributed by atoms with Crippen molar-refractivity contribution >= 4 is 17.5 Å². The summed E-state index contributed by atoms with van der Waals surface area (Å²) in [7, 11) is 1.61. The Morgan fingerprint density at radius 3 is 2.48 bits per heavy atom. The average molecular weight is 369 g/mol. The van der Waals surface area contributed by atoms with Gasteiger partial charge in [-0.2, -0.15) is 0 Å². The van der Waals surface area contributed by atoms with Crippen LogP contribution >= 0.6 is 0 Å². The number of rotatable bonds is 6. The summed E-state index contributed by atoms with van der Waals surface area (Å²) in [6.45, 7) is 5.51. The maximum Gasteiger partial charge on any atom is 0.269 e. The summed E-state index contributed by atoms with van der Waals surface area (Å²) in [5, 5.41) is 13.5. The molecule has 2 amide bonds. The van der Waals surface area contributed by atoms with Gasteiger partial charge in [-0.25, -0.2) is 0 Å². The van der Waals surface area contributed by atoms with Crippen LogP contribution in [0.4, 0.5) is 5.69 Å². The van der Waals surface area contributed by atoms with E-state index in [1.165, 1.54) is 17.0 Å². The van der Waals surface area contributed by atoms with Crippen LogP contribution in [0.1, 0.15) is 40.0 Å². The molecule has 1 atom stereocenters. The zero-order valence-electron chi connectivity index (χ0n) is 15.9. The van der Waals surface area contributed by atoms with Crippen molar-refractivity contribution in [1.82, 2.24) is 10.2 Å². The van der Waals surface area contributed by atoms with Crippen LogP contribution in [-0.2, 0) is 4.79 Å². The van der Waals surface area contributed by atoms with Crippen molar-refractivity contribution in [2.45, 2.75) is 26.8 Å². The number of likely N-dealkylation sites (N-methyl/N-ethyl adjacent to an activating group) is 1. The van der Waals surface area contributed by atoms with Gasteiger partial charge in [0.25, 0.3) is 11.6 Å². The minimum atomic E-state index is -0.470. The first-order valence-corrected chi connectivity index (χ1v) is 8.56. The van der Waals surface area contributed by atoms with E-state index in [0.29, 0.717) is 11.1 Å². The number of hydrogen-bond donors (Lipinski definition) is 1. The van der Waals surface area contributed by atoms with Crippen molar-refractivity contribution in [3.8, 4) is 0 Å². The van der Waals surface area contributed by atoms with Crippen LogP contribution in [0, 0.1) is 24.0 Å². The van der Waals surface area contributed by atoms with Gasteiger partial charge in [-0.15, -0.1) is 0 Å². The first kappa shape index (κ1) is 20.1. The number of aryl methyl sites for hydroxylation is 2. The molecule has 2 aromatic carbocycles. The molecule has 0 aliphatic rings. The van der Waals surface area contributed by atoms with Crippen molar-refractivity contribution in [3.63, 3.8) is 0 Å². The number of nitro groups is 1. The molecule has 0 saturated carbocycles. The number of nitro benzene ring substituents is 1. The molecule has 1 N–H and O–H groups in total. The summed E-state index contributed by atoms with van der Waals surface area (Å²) in [6, 6.07) is 11.2. The van der Waals surface area contributed by atoms with E-state index in [9.17, 15) is 19.7 Å². The molecule has 0 bridgehead atoms. The highest BCUT2D eigenvalue weighted by molar-refractivity contribution is 5.96. The third kappa shape index (κ3) is 4.91. The fourth-order valence-corrected chi connectivity index (χ4v) is 2.60. The Morgan fingerprint density at radius 1 is 1.15 bits per heavy atom. The lowest BCUT2D eigenvalue weighted by molar-refractivity contribution is -0.384. The van der Waals surface area contributed by atoms with Crippen molar-refractivity contribution in [3.05, 3.63) is 74.8 Å². The number of amides is 2. The number of hydrogen-bond acceptors (Lipinski definition) is 4. The summed E-state index contributed by atoms with van der Waals surface area (Å²) in [5.41, 5.74) is 3.22. The van der Waals surface area contributed by atoms with Crippen LogP contribution in [0.25, 0.3) is 0 Å². The fraction of sp³-hybridized carbons (Fsp3) is 0.300. The minimum Gasteiger partial charge on any atom is -0.343 e. The molecule has 2 aromatic rings. The predicted molar refractivity (Wildman–Crippen MR) is 103 cm³/mol. The third-order valence-electron chi connectivity index (χ3n) is 4.71. The Balaban J connectivity index is 2.00. The maximum atomic E-state index is 12.4. The highest BCUT2D eigenvalue weighted by atomic mass is 16.6. The Hall–Kier alpha value is -3.22. The third-order valence-corrected chi connectivity index (χ3v) is 4.71. The maximum absolute atomic E-state index is 12.4. The molecule has 27 heavy (non-hydrogen) atoms. The standard InChI is InChI=1S/C20H23N3O4/c1-13-8-9-17(10-14(13)2)20(25)21-12-19(24)22(4)15(3)16-6-5-7-18(11-16)23(26)27/h5-11,15H,12H2,1-4H3,(H,21,25)/t15-/m1/s1. The number of nitrogens with one attached hydrogen (secondary N) is 1. The van der Waals surface area contributed by atoms with Gasteiger partial charge in [0.05, 0.1) is 17.5 Å². The first-order chi connectivity index (χ1) is 12.7. The van der Waals surface area contributed by atoms with E-state index in [4.69, 9.17) is 0 Å². The topological polar surface area (TPSA) is 92.6 Å². The molecule has 0 aliphatic carbocycles. The van der Waals surface area contributed by atoms with E-state index in [0.717, 1.165) is 11.1 Å². The molecule has 0 fully saturated rings. The highest BCUT2D eigenvalue weighted by Crippen LogP contribution is 2.23. The van der Waals surface area contributed by atoms with Crippen LogP contribution in [0.3, 0.4) is 0 Å². The second-order valence-corrected chi connectivity index (χ2v) is 6.51. The molecule has 2 rings (SSSR count). The van der Waals surface area contributed by atoms with Crippen LogP contribution in [0.5, 0.6) is 0 Å². The van der Waals surface area contributed by atoms with Crippen LogP contribution in [0.15, 0.2) is 42.5 Å². The van der Waals surface area contributed by atoms with E-state index in [1.54, 1.807) is 38.2 Å². The number of benzene rings is 2. The van der Waals surface area contributed by atoms with Crippen molar-refractivity contribution in [2.24, 2.45) is 0 Å². The molecule has 7 nitrogen and oxygen atoms in total. The predicted octanol–water partition coefficient (Wildman–Crippen LogP) is 3.16. The van der Waals surface area contributed by atoms with Crippen LogP contribution in [0.2, 0.25) is 0 Å². The van der Waals surface area contributed by atoms with E-state index >= 15 is 0 Å². The normalized spacial score (nSPS) is 11.6. The monoisotopic (exact) mass is 369 g/mol. The Morgan fingerprint density at radius 2 is 1.85 bits per heavy atom. The Labute approximate surface area is 158 Å². The second-order valence-electron chi connectivity index (χ2n) is 6.51. The number of nitrogens with zero attached hydrogens (tertiary/aromatic N) is 2. The number of non-ortho nitro benzene ring substituents is 1. The largest absolute Gasteiger partial charge is 0.343 e. The van der Waals surface area contributed by atoms with Crippen LogP contribution in [-0.4, -0.2) is 35.2 Å². The van der Waals surface area contributed by atoms with Gasteiger partial charge < -0.3 is 10.2 Å². The Bertz CT molecular complexity index is 879. The van der Waals surface area contributed by atoms with Gasteiger partial charge in [-0.05, 0) is 49.6 Å². The molecule has 0 radical (unpaired) electrons. The molecule has 0 saturated heterocycles. The summed E-state index contributed by atoms with van der Waals surface area (Å²) in [6.07, 6.45) is 0. The van der Waals surface area contributed by atoms with E-state index in [1.807, 2.05) is 19.9 Å². The zero-order valence-corrected chi connectivity index (χ0v) is 15.9. The van der Waals surface area contributed by atoms with Gasteiger partial charge >= 0.3 is 0 Å². The average Bonchev–Trinajstić information content (AvgIpc) is 2.66. The molecule has 7 heteroatoms. The van der Waals surface area contributed by atoms with Gasteiger partial charge in [0.1, 0.15) is 0 Å². The second kappa shape index (κ2) is 8.44.